The second kappa shape index (κ2) is 8.31. The van der Waals surface area contributed by atoms with Gasteiger partial charge in [0.2, 0.25) is 23.5 Å². The molecule has 0 aliphatic carbocycles. The summed E-state index contributed by atoms with van der Waals surface area (Å²) < 4.78 is 31.8. The first-order chi connectivity index (χ1) is 14.9. The monoisotopic (exact) mass is 440 g/mol. The first kappa shape index (κ1) is 20.7. The van der Waals surface area contributed by atoms with Crippen LogP contribution in [0.5, 0.6) is 0 Å². The minimum absolute atomic E-state index is 0.0259. The van der Waals surface area contributed by atoms with Gasteiger partial charge < -0.3 is 9.84 Å². The predicted molar refractivity (Wildman–Crippen MR) is 110 cm³/mol. The van der Waals surface area contributed by atoms with Crippen molar-refractivity contribution in [2.75, 3.05) is 0 Å². The molecule has 1 aromatic heterocycles. The zero-order chi connectivity index (χ0) is 22.0. The van der Waals surface area contributed by atoms with Crippen LogP contribution in [0.4, 0.5) is 0 Å². The van der Waals surface area contributed by atoms with Gasteiger partial charge in [-0.25, -0.2) is 12.7 Å². The average Bonchev–Trinajstić information content (AvgIpc) is 3.40. The molecule has 3 aromatic rings. The number of amides is 2. The molecular weight excluding hydrogens is 420 g/mol. The molecule has 0 spiro atoms. The maximum absolute atomic E-state index is 13.0. The number of hydrogen-bond acceptors (Lipinski definition) is 7. The fourth-order valence-electron chi connectivity index (χ4n) is 3.34. The number of carbonyl (C=O) groups is 2. The predicted octanol–water partition coefficient (Wildman–Crippen LogP) is 2.04. The lowest BCUT2D eigenvalue weighted by Crippen LogP contribution is -2.47. The highest BCUT2D eigenvalue weighted by molar-refractivity contribution is 7.89. The molecule has 1 N–H and O–H groups in total. The van der Waals surface area contributed by atoms with Gasteiger partial charge in [0.25, 0.3) is 10.0 Å². The van der Waals surface area contributed by atoms with Gasteiger partial charge >= 0.3 is 0 Å². The molecule has 1 aliphatic heterocycles. The Morgan fingerprint density at radius 2 is 1.87 bits per heavy atom. The van der Waals surface area contributed by atoms with Crippen LogP contribution in [0.1, 0.15) is 24.3 Å². The van der Waals surface area contributed by atoms with Crippen molar-refractivity contribution >= 4 is 21.8 Å². The van der Waals surface area contributed by atoms with Crippen LogP contribution in [-0.4, -0.2) is 40.7 Å². The van der Waals surface area contributed by atoms with E-state index in [4.69, 9.17) is 4.52 Å². The molecule has 1 atom stereocenters. The molecule has 31 heavy (non-hydrogen) atoms. The van der Waals surface area contributed by atoms with Crippen molar-refractivity contribution < 1.29 is 22.5 Å². The van der Waals surface area contributed by atoms with Crippen molar-refractivity contribution in [3.05, 3.63) is 66.1 Å². The molecule has 2 amide bonds. The Morgan fingerprint density at radius 1 is 1.16 bits per heavy atom. The molecule has 1 saturated heterocycles. The molecule has 1 unspecified atom stereocenters. The van der Waals surface area contributed by atoms with Gasteiger partial charge in [-0.2, -0.15) is 4.98 Å². The Morgan fingerprint density at radius 3 is 2.58 bits per heavy atom. The summed E-state index contributed by atoms with van der Waals surface area (Å²) in [5.74, 6) is -0.653. The average molecular weight is 440 g/mol. The second-order valence-electron chi connectivity index (χ2n) is 7.16. The number of aryl methyl sites for hydroxylation is 1. The molecule has 1 fully saturated rings. The summed E-state index contributed by atoms with van der Waals surface area (Å²) in [6, 6.07) is 14.2. The van der Waals surface area contributed by atoms with E-state index in [1.807, 2.05) is 37.3 Å². The standard InChI is InChI=1S/C21H20N4O5S/c1-14-7-9-16(10-8-14)31(28,29)25-17(11-12-19(25)26)21(27)22-13-18-23-20(24-30-18)15-5-3-2-4-6-15/h2-10,17H,11-13H2,1H3,(H,22,27). The fraction of sp³-hybridized carbons (Fsp3) is 0.238. The van der Waals surface area contributed by atoms with E-state index in [0.717, 1.165) is 11.1 Å². The highest BCUT2D eigenvalue weighted by Crippen LogP contribution is 2.27. The smallest absolute Gasteiger partial charge is 0.267 e. The summed E-state index contributed by atoms with van der Waals surface area (Å²) in [5, 5.41) is 6.47. The molecule has 9 nitrogen and oxygen atoms in total. The summed E-state index contributed by atoms with van der Waals surface area (Å²) >= 11 is 0. The quantitative estimate of drug-likeness (QED) is 0.622. The number of nitrogens with zero attached hydrogens (tertiary/aromatic N) is 3. The molecule has 2 aromatic carbocycles. The summed E-state index contributed by atoms with van der Waals surface area (Å²) in [4.78, 5) is 29.3. The minimum Gasteiger partial charge on any atom is -0.345 e. The number of rotatable bonds is 6. The van der Waals surface area contributed by atoms with Crippen LogP contribution in [0.25, 0.3) is 11.4 Å². The highest BCUT2D eigenvalue weighted by atomic mass is 32.2. The first-order valence-corrected chi connectivity index (χ1v) is 11.1. The molecule has 0 radical (unpaired) electrons. The van der Waals surface area contributed by atoms with E-state index in [1.54, 1.807) is 12.1 Å². The van der Waals surface area contributed by atoms with Crippen LogP contribution >= 0.6 is 0 Å². The normalized spacial score (nSPS) is 16.5. The summed E-state index contributed by atoms with van der Waals surface area (Å²) in [7, 11) is -4.14. The van der Waals surface area contributed by atoms with Crippen molar-refractivity contribution in [3.8, 4) is 11.4 Å². The number of sulfonamides is 1. The van der Waals surface area contributed by atoms with Gasteiger partial charge in [0.05, 0.1) is 11.4 Å². The van der Waals surface area contributed by atoms with Crippen LogP contribution in [0.2, 0.25) is 0 Å². The van der Waals surface area contributed by atoms with Crippen LogP contribution in [-0.2, 0) is 26.2 Å². The molecule has 10 heteroatoms. The van der Waals surface area contributed by atoms with Gasteiger partial charge in [0.1, 0.15) is 6.04 Å². The summed E-state index contributed by atoms with van der Waals surface area (Å²) in [6.07, 6.45) is 0.0801. The van der Waals surface area contributed by atoms with Crippen LogP contribution in [0.15, 0.2) is 64.0 Å². The van der Waals surface area contributed by atoms with E-state index in [0.29, 0.717) is 10.1 Å². The van der Waals surface area contributed by atoms with E-state index in [2.05, 4.69) is 15.5 Å². The van der Waals surface area contributed by atoms with Crippen molar-refractivity contribution in [2.45, 2.75) is 37.2 Å². The number of hydrogen-bond donors (Lipinski definition) is 1. The van der Waals surface area contributed by atoms with E-state index in [9.17, 15) is 18.0 Å². The number of carbonyl (C=O) groups excluding carboxylic acids is 2. The van der Waals surface area contributed by atoms with E-state index < -0.39 is 27.9 Å². The Kier molecular flexibility index (Phi) is 5.55. The second-order valence-corrected chi connectivity index (χ2v) is 8.97. The molecular formula is C21H20N4O5S. The van der Waals surface area contributed by atoms with Gasteiger partial charge in [-0.1, -0.05) is 53.2 Å². The van der Waals surface area contributed by atoms with E-state index in [-0.39, 0.29) is 30.2 Å². The Bertz CT molecular complexity index is 1210. The number of aromatic nitrogens is 2. The van der Waals surface area contributed by atoms with Crippen molar-refractivity contribution in [1.29, 1.82) is 0 Å². The lowest BCUT2D eigenvalue weighted by Gasteiger charge is -2.23. The number of benzene rings is 2. The third-order valence-corrected chi connectivity index (χ3v) is 6.80. The molecule has 0 saturated carbocycles. The Hall–Kier alpha value is -3.53. The highest BCUT2D eigenvalue weighted by Gasteiger charge is 2.44. The maximum atomic E-state index is 13.0. The van der Waals surface area contributed by atoms with Crippen molar-refractivity contribution in [1.82, 2.24) is 19.8 Å². The lowest BCUT2D eigenvalue weighted by atomic mass is 10.2. The SMILES string of the molecule is Cc1ccc(S(=O)(=O)N2C(=O)CCC2C(=O)NCc2nc(-c3ccccc3)no2)cc1. The molecule has 4 rings (SSSR count). The van der Waals surface area contributed by atoms with Gasteiger partial charge in [-0.3, -0.25) is 9.59 Å². The Balaban J connectivity index is 1.47. The molecule has 0 bridgehead atoms. The van der Waals surface area contributed by atoms with Gasteiger partial charge in [0.15, 0.2) is 0 Å². The van der Waals surface area contributed by atoms with Gasteiger partial charge in [-0.05, 0) is 25.5 Å². The van der Waals surface area contributed by atoms with Gasteiger partial charge in [0, 0.05) is 12.0 Å². The third kappa shape index (κ3) is 4.19. The first-order valence-electron chi connectivity index (χ1n) is 9.66. The van der Waals surface area contributed by atoms with Crippen LogP contribution in [0.3, 0.4) is 0 Å². The largest absolute Gasteiger partial charge is 0.345 e. The molecule has 2 heterocycles. The van der Waals surface area contributed by atoms with Crippen LogP contribution < -0.4 is 5.32 Å². The van der Waals surface area contributed by atoms with E-state index in [1.165, 1.54) is 12.1 Å². The lowest BCUT2D eigenvalue weighted by molar-refractivity contribution is -0.130. The van der Waals surface area contributed by atoms with Crippen molar-refractivity contribution in [3.63, 3.8) is 0 Å². The van der Waals surface area contributed by atoms with Crippen LogP contribution in [0, 0.1) is 6.92 Å². The molecule has 160 valence electrons. The summed E-state index contributed by atoms with van der Waals surface area (Å²) in [5.41, 5.74) is 1.65. The fourth-order valence-corrected chi connectivity index (χ4v) is 4.94. The zero-order valence-corrected chi connectivity index (χ0v) is 17.5. The topological polar surface area (TPSA) is 122 Å². The van der Waals surface area contributed by atoms with Crippen molar-refractivity contribution in [2.24, 2.45) is 0 Å². The third-order valence-electron chi connectivity index (χ3n) is 4.95. The van der Waals surface area contributed by atoms with Gasteiger partial charge in [-0.15, -0.1) is 0 Å². The Labute approximate surface area is 179 Å². The minimum atomic E-state index is -4.14. The number of nitrogens with one attached hydrogen (secondary N) is 1. The molecule has 1 aliphatic rings. The van der Waals surface area contributed by atoms with E-state index >= 15 is 0 Å². The zero-order valence-electron chi connectivity index (χ0n) is 16.7. The summed E-state index contributed by atoms with van der Waals surface area (Å²) in [6.45, 7) is 1.75. The maximum Gasteiger partial charge on any atom is 0.267 e.